The van der Waals surface area contributed by atoms with Crippen LogP contribution in [-0.4, -0.2) is 21.1 Å². The monoisotopic (exact) mass is 258 g/mol. The number of hydrogen-bond acceptors (Lipinski definition) is 3. The maximum Gasteiger partial charge on any atom is 0.243 e. The quantitative estimate of drug-likeness (QED) is 0.913. The Bertz CT molecular complexity index is 540. The van der Waals surface area contributed by atoms with Gasteiger partial charge in [-0.2, -0.15) is 4.98 Å². The van der Waals surface area contributed by atoms with Gasteiger partial charge in [0.2, 0.25) is 5.95 Å². The van der Waals surface area contributed by atoms with Crippen LogP contribution in [0.2, 0.25) is 0 Å². The van der Waals surface area contributed by atoms with Crippen LogP contribution in [0, 0.1) is 12.8 Å². The number of pyridine rings is 1. The molecule has 0 spiro atoms. The van der Waals surface area contributed by atoms with Gasteiger partial charge in [0.05, 0.1) is 0 Å². The Labute approximate surface area is 114 Å². The van der Waals surface area contributed by atoms with E-state index in [1.54, 1.807) is 0 Å². The summed E-state index contributed by atoms with van der Waals surface area (Å²) in [4.78, 5) is 4.48. The van der Waals surface area contributed by atoms with Crippen molar-refractivity contribution in [3.05, 3.63) is 23.9 Å². The van der Waals surface area contributed by atoms with Gasteiger partial charge in [-0.05, 0) is 30.9 Å². The Balaban J connectivity index is 1.56. The molecule has 0 radical (unpaired) electrons. The average molecular weight is 258 g/mol. The minimum Gasteiger partial charge on any atom is -0.353 e. The molecule has 1 aliphatic rings. The molecular formula is C15H22N4. The third-order valence-electron chi connectivity index (χ3n) is 4.04. The van der Waals surface area contributed by atoms with Crippen molar-refractivity contribution in [3.63, 3.8) is 0 Å². The molecule has 0 aliphatic heterocycles. The molecule has 0 atom stereocenters. The number of anilines is 1. The zero-order valence-corrected chi connectivity index (χ0v) is 11.6. The minimum absolute atomic E-state index is 0.751. The van der Waals surface area contributed by atoms with Crippen LogP contribution in [-0.2, 0) is 0 Å². The first-order chi connectivity index (χ1) is 9.31. The summed E-state index contributed by atoms with van der Waals surface area (Å²) in [5.74, 6) is 1.65. The smallest absolute Gasteiger partial charge is 0.243 e. The summed E-state index contributed by atoms with van der Waals surface area (Å²) in [7, 11) is 0. The fourth-order valence-corrected chi connectivity index (χ4v) is 2.92. The number of nitrogens with zero attached hydrogens (tertiary/aromatic N) is 3. The average Bonchev–Trinajstić information content (AvgIpc) is 2.82. The third kappa shape index (κ3) is 3.06. The highest BCUT2D eigenvalue weighted by Gasteiger charge is 2.13. The lowest BCUT2D eigenvalue weighted by molar-refractivity contribution is 0.345. The van der Waals surface area contributed by atoms with E-state index in [-0.39, 0.29) is 0 Å². The standard InChI is InChI=1S/C15H22N4/c1-12-7-8-14-17-15(18-19(14)11-12)16-10-9-13-5-3-2-4-6-13/h7-8,11,13H,2-6,9-10H2,1H3,(H,16,18). The van der Waals surface area contributed by atoms with Gasteiger partial charge in [-0.1, -0.05) is 38.2 Å². The molecule has 4 heteroatoms. The minimum atomic E-state index is 0.751. The highest BCUT2D eigenvalue weighted by molar-refractivity contribution is 5.43. The first-order valence-corrected chi connectivity index (χ1v) is 7.38. The van der Waals surface area contributed by atoms with Gasteiger partial charge < -0.3 is 5.32 Å². The Kier molecular flexibility index (Phi) is 3.67. The largest absolute Gasteiger partial charge is 0.353 e. The second kappa shape index (κ2) is 5.59. The van der Waals surface area contributed by atoms with E-state index < -0.39 is 0 Å². The van der Waals surface area contributed by atoms with Crippen molar-refractivity contribution >= 4 is 11.6 Å². The third-order valence-corrected chi connectivity index (χ3v) is 4.04. The summed E-state index contributed by atoms with van der Waals surface area (Å²) in [6.07, 6.45) is 10.3. The molecule has 19 heavy (non-hydrogen) atoms. The van der Waals surface area contributed by atoms with E-state index in [9.17, 15) is 0 Å². The van der Waals surface area contributed by atoms with Crippen molar-refractivity contribution in [1.29, 1.82) is 0 Å². The van der Waals surface area contributed by atoms with Crippen LogP contribution in [0.4, 0.5) is 5.95 Å². The number of nitrogens with one attached hydrogen (secondary N) is 1. The van der Waals surface area contributed by atoms with Crippen molar-refractivity contribution < 1.29 is 0 Å². The lowest BCUT2D eigenvalue weighted by atomic mass is 9.87. The van der Waals surface area contributed by atoms with Crippen molar-refractivity contribution in [3.8, 4) is 0 Å². The fourth-order valence-electron chi connectivity index (χ4n) is 2.92. The van der Waals surface area contributed by atoms with Gasteiger partial charge in [0, 0.05) is 12.7 Å². The summed E-state index contributed by atoms with van der Waals surface area (Å²) >= 11 is 0. The van der Waals surface area contributed by atoms with Gasteiger partial charge in [0.1, 0.15) is 0 Å². The van der Waals surface area contributed by atoms with Crippen molar-refractivity contribution in [2.75, 3.05) is 11.9 Å². The second-order valence-electron chi connectivity index (χ2n) is 5.66. The molecule has 1 saturated carbocycles. The molecule has 0 saturated heterocycles. The van der Waals surface area contributed by atoms with E-state index in [1.165, 1.54) is 44.1 Å². The summed E-state index contributed by atoms with van der Waals surface area (Å²) in [5.41, 5.74) is 2.11. The molecule has 2 heterocycles. The molecule has 4 nitrogen and oxygen atoms in total. The molecule has 0 bridgehead atoms. The fraction of sp³-hybridized carbons (Fsp3) is 0.600. The number of rotatable bonds is 4. The Morgan fingerprint density at radius 1 is 1.26 bits per heavy atom. The van der Waals surface area contributed by atoms with Gasteiger partial charge in [-0.3, -0.25) is 0 Å². The summed E-state index contributed by atoms with van der Waals surface area (Å²) in [5, 5.41) is 7.81. The maximum absolute atomic E-state index is 4.48. The van der Waals surface area contributed by atoms with E-state index in [0.717, 1.165) is 24.1 Å². The molecule has 1 fully saturated rings. The predicted molar refractivity (Wildman–Crippen MR) is 77.4 cm³/mol. The number of aromatic nitrogens is 3. The van der Waals surface area contributed by atoms with Crippen molar-refractivity contribution in [2.24, 2.45) is 5.92 Å². The highest BCUT2D eigenvalue weighted by atomic mass is 15.3. The van der Waals surface area contributed by atoms with Crippen LogP contribution in [0.25, 0.3) is 5.65 Å². The van der Waals surface area contributed by atoms with Crippen molar-refractivity contribution in [2.45, 2.75) is 45.4 Å². The van der Waals surface area contributed by atoms with Crippen LogP contribution >= 0.6 is 0 Å². The van der Waals surface area contributed by atoms with Crippen LogP contribution in [0.5, 0.6) is 0 Å². The molecule has 2 aromatic heterocycles. The van der Waals surface area contributed by atoms with E-state index in [0.29, 0.717) is 0 Å². The van der Waals surface area contributed by atoms with Crippen LogP contribution in [0.1, 0.15) is 44.1 Å². The summed E-state index contributed by atoms with van der Waals surface area (Å²) < 4.78 is 1.85. The van der Waals surface area contributed by atoms with Crippen LogP contribution in [0.3, 0.4) is 0 Å². The highest BCUT2D eigenvalue weighted by Crippen LogP contribution is 2.26. The number of hydrogen-bond donors (Lipinski definition) is 1. The molecule has 1 aliphatic carbocycles. The topological polar surface area (TPSA) is 42.2 Å². The summed E-state index contributed by atoms with van der Waals surface area (Å²) in [6.45, 7) is 3.05. The first kappa shape index (κ1) is 12.5. The van der Waals surface area contributed by atoms with Gasteiger partial charge in [0.25, 0.3) is 0 Å². The molecule has 2 aromatic rings. The maximum atomic E-state index is 4.48. The zero-order valence-electron chi connectivity index (χ0n) is 11.6. The lowest BCUT2D eigenvalue weighted by Crippen LogP contribution is -2.12. The normalized spacial score (nSPS) is 16.9. The van der Waals surface area contributed by atoms with Crippen molar-refractivity contribution in [1.82, 2.24) is 14.6 Å². The van der Waals surface area contributed by atoms with Gasteiger partial charge in [-0.25, -0.2) is 4.52 Å². The van der Waals surface area contributed by atoms with Crippen LogP contribution in [0.15, 0.2) is 18.3 Å². The van der Waals surface area contributed by atoms with Gasteiger partial charge >= 0.3 is 0 Å². The van der Waals surface area contributed by atoms with Gasteiger partial charge in [-0.15, -0.1) is 5.10 Å². The van der Waals surface area contributed by atoms with E-state index in [2.05, 4.69) is 28.4 Å². The number of fused-ring (bicyclic) bond motifs is 1. The van der Waals surface area contributed by atoms with E-state index >= 15 is 0 Å². The molecule has 1 N–H and O–H groups in total. The zero-order chi connectivity index (χ0) is 13.1. The molecule has 102 valence electrons. The molecule has 0 amide bonds. The van der Waals surface area contributed by atoms with Crippen LogP contribution < -0.4 is 5.32 Å². The van der Waals surface area contributed by atoms with E-state index in [1.807, 2.05) is 16.8 Å². The van der Waals surface area contributed by atoms with Gasteiger partial charge in [0.15, 0.2) is 5.65 Å². The van der Waals surface area contributed by atoms with E-state index in [4.69, 9.17) is 0 Å². The number of aryl methyl sites for hydroxylation is 1. The molecule has 0 aromatic carbocycles. The molecular weight excluding hydrogens is 236 g/mol. The summed E-state index contributed by atoms with van der Waals surface area (Å²) in [6, 6.07) is 4.07. The second-order valence-corrected chi connectivity index (χ2v) is 5.66. The Morgan fingerprint density at radius 2 is 2.11 bits per heavy atom. The Morgan fingerprint density at radius 3 is 2.95 bits per heavy atom. The lowest BCUT2D eigenvalue weighted by Gasteiger charge is -2.21. The molecule has 0 unspecified atom stereocenters. The SMILES string of the molecule is Cc1ccc2nc(NCCC3CCCCC3)nn2c1. The predicted octanol–water partition coefficient (Wildman–Crippen LogP) is 3.42. The first-order valence-electron chi connectivity index (χ1n) is 7.38. The Hall–Kier alpha value is -1.58. The molecule has 3 rings (SSSR count).